The molecule has 0 radical (unpaired) electrons. The van der Waals surface area contributed by atoms with Crippen LogP contribution in [0.2, 0.25) is 0 Å². The third-order valence-corrected chi connectivity index (χ3v) is 3.54. The van der Waals surface area contributed by atoms with Crippen LogP contribution in [0.25, 0.3) is 0 Å². The predicted molar refractivity (Wildman–Crippen MR) is 66.1 cm³/mol. The first-order valence-electron chi connectivity index (χ1n) is 4.83. The molecule has 8 heteroatoms. The number of hydrogen-bond acceptors (Lipinski definition) is 6. The van der Waals surface area contributed by atoms with Crippen molar-refractivity contribution in [2.24, 2.45) is 11.1 Å². The Bertz CT molecular complexity index is 374. The van der Waals surface area contributed by atoms with E-state index in [1.165, 1.54) is 0 Å². The average molecular weight is 259 g/mol. The van der Waals surface area contributed by atoms with Crippen molar-refractivity contribution in [1.29, 1.82) is 0 Å². The first-order valence-corrected chi connectivity index (χ1v) is 6.01. The summed E-state index contributed by atoms with van der Waals surface area (Å²) < 4.78 is 3.56. The summed E-state index contributed by atoms with van der Waals surface area (Å²) in [6.07, 6.45) is 1.10. The van der Waals surface area contributed by atoms with E-state index in [1.807, 2.05) is 13.8 Å². The van der Waals surface area contributed by atoms with Gasteiger partial charge >= 0.3 is 0 Å². The van der Waals surface area contributed by atoms with Crippen LogP contribution >= 0.6 is 23.8 Å². The number of thiocarbonyl (C=S) groups is 1. The van der Waals surface area contributed by atoms with Gasteiger partial charge in [0.1, 0.15) is 0 Å². The highest BCUT2D eigenvalue weighted by Crippen LogP contribution is 2.28. The van der Waals surface area contributed by atoms with Crippen LogP contribution in [0, 0.1) is 5.41 Å². The maximum Gasteiger partial charge on any atom is 0.239 e. The first-order chi connectivity index (χ1) is 7.56. The number of nitrogens with two attached hydrogens (primary N) is 1. The van der Waals surface area contributed by atoms with Gasteiger partial charge in [0.05, 0.1) is 10.4 Å². The van der Waals surface area contributed by atoms with Crippen molar-refractivity contribution in [2.45, 2.75) is 26.7 Å². The Morgan fingerprint density at radius 2 is 2.19 bits per heavy atom. The van der Waals surface area contributed by atoms with Crippen LogP contribution in [-0.2, 0) is 4.79 Å². The number of carbonyl (C=O) groups excluding carboxylic acids is 1. The highest BCUT2D eigenvalue weighted by Gasteiger charge is 2.38. The SMILES string of the molecule is CCC(CC)(C(=O)Nc1nnns1)C(N)=S. The second-order valence-electron chi connectivity index (χ2n) is 3.28. The molecular weight excluding hydrogens is 246 g/mol. The summed E-state index contributed by atoms with van der Waals surface area (Å²) in [7, 11) is 0. The molecule has 1 aromatic rings. The van der Waals surface area contributed by atoms with Gasteiger partial charge in [-0.25, -0.2) is 0 Å². The fourth-order valence-corrected chi connectivity index (χ4v) is 2.17. The average Bonchev–Trinajstić information content (AvgIpc) is 2.72. The molecule has 0 aliphatic rings. The predicted octanol–water partition coefficient (Wildman–Crippen LogP) is 0.964. The molecule has 0 unspecified atom stereocenters. The van der Waals surface area contributed by atoms with E-state index in [0.717, 1.165) is 11.5 Å². The highest BCUT2D eigenvalue weighted by atomic mass is 32.1. The van der Waals surface area contributed by atoms with Crippen LogP contribution in [0.1, 0.15) is 26.7 Å². The third kappa shape index (κ3) is 2.33. The Labute approximate surface area is 103 Å². The van der Waals surface area contributed by atoms with E-state index in [-0.39, 0.29) is 10.9 Å². The lowest BCUT2D eigenvalue weighted by Gasteiger charge is -2.28. The number of aromatic nitrogens is 3. The van der Waals surface area contributed by atoms with Crippen LogP contribution < -0.4 is 11.1 Å². The van der Waals surface area contributed by atoms with Crippen molar-refractivity contribution in [1.82, 2.24) is 14.8 Å². The van der Waals surface area contributed by atoms with Crippen molar-refractivity contribution < 1.29 is 4.79 Å². The molecule has 16 heavy (non-hydrogen) atoms. The number of amides is 1. The lowest BCUT2D eigenvalue weighted by atomic mass is 9.81. The number of nitrogens with one attached hydrogen (secondary N) is 1. The Morgan fingerprint density at radius 1 is 1.56 bits per heavy atom. The molecular formula is C8H13N5OS2. The summed E-state index contributed by atoms with van der Waals surface area (Å²) in [5.41, 5.74) is 4.83. The molecule has 1 rings (SSSR count). The summed E-state index contributed by atoms with van der Waals surface area (Å²) in [4.78, 5) is 12.3. The minimum absolute atomic E-state index is 0.201. The third-order valence-electron chi connectivity index (χ3n) is 2.63. The van der Waals surface area contributed by atoms with Gasteiger partial charge < -0.3 is 5.73 Å². The van der Waals surface area contributed by atoms with Gasteiger partial charge in [0, 0.05) is 11.5 Å². The number of anilines is 1. The quantitative estimate of drug-likeness (QED) is 0.765. The largest absolute Gasteiger partial charge is 0.392 e. The maximum atomic E-state index is 12.1. The van der Waals surface area contributed by atoms with Gasteiger partial charge in [-0.3, -0.25) is 10.1 Å². The molecule has 0 bridgehead atoms. The second-order valence-corrected chi connectivity index (χ2v) is 4.45. The highest BCUT2D eigenvalue weighted by molar-refractivity contribution is 7.80. The van der Waals surface area contributed by atoms with Gasteiger partial charge in [0.2, 0.25) is 11.0 Å². The van der Waals surface area contributed by atoms with Gasteiger partial charge in [0.15, 0.2) is 0 Å². The molecule has 0 aromatic carbocycles. The van der Waals surface area contributed by atoms with E-state index < -0.39 is 5.41 Å². The molecule has 0 atom stereocenters. The van der Waals surface area contributed by atoms with E-state index in [9.17, 15) is 4.79 Å². The molecule has 3 N–H and O–H groups in total. The lowest BCUT2D eigenvalue weighted by molar-refractivity contribution is -0.122. The topological polar surface area (TPSA) is 93.8 Å². The van der Waals surface area contributed by atoms with Crippen molar-refractivity contribution in [3.05, 3.63) is 0 Å². The summed E-state index contributed by atoms with van der Waals surface area (Å²) >= 11 is 5.98. The van der Waals surface area contributed by atoms with Gasteiger partial charge in [-0.05, 0) is 18.1 Å². The number of nitrogens with zero attached hydrogens (tertiary/aromatic N) is 3. The van der Waals surface area contributed by atoms with Crippen LogP contribution in [0.15, 0.2) is 0 Å². The second kappa shape index (κ2) is 5.26. The molecule has 0 aliphatic heterocycles. The molecule has 0 aliphatic carbocycles. The van der Waals surface area contributed by atoms with Gasteiger partial charge in [-0.1, -0.05) is 35.7 Å². The Morgan fingerprint density at radius 3 is 2.56 bits per heavy atom. The smallest absolute Gasteiger partial charge is 0.239 e. The molecule has 88 valence electrons. The Hall–Kier alpha value is -1.15. The zero-order chi connectivity index (χ0) is 12.2. The van der Waals surface area contributed by atoms with Gasteiger partial charge in [0.25, 0.3) is 0 Å². The number of hydrogen-bond donors (Lipinski definition) is 2. The van der Waals surface area contributed by atoms with Crippen LogP contribution in [0.4, 0.5) is 5.13 Å². The number of carbonyl (C=O) groups is 1. The summed E-state index contributed by atoms with van der Waals surface area (Å²) in [6, 6.07) is 0. The monoisotopic (exact) mass is 259 g/mol. The zero-order valence-electron chi connectivity index (χ0n) is 9.06. The molecule has 0 fully saturated rings. The first kappa shape index (κ1) is 12.9. The minimum Gasteiger partial charge on any atom is -0.392 e. The van der Waals surface area contributed by atoms with Crippen molar-refractivity contribution in [2.75, 3.05) is 5.32 Å². The molecule has 1 heterocycles. The maximum absolute atomic E-state index is 12.1. The lowest BCUT2D eigenvalue weighted by Crippen LogP contribution is -2.45. The zero-order valence-corrected chi connectivity index (χ0v) is 10.7. The Kier molecular flexibility index (Phi) is 4.25. The standard InChI is InChI=1S/C8H13N5OS2/c1-3-8(4-2,5(9)15)6(14)10-7-11-12-13-16-7/h3-4H2,1-2H3,(H2,9,15)(H,10,11,13,14). The fraction of sp³-hybridized carbons (Fsp3) is 0.625. The van der Waals surface area contributed by atoms with Gasteiger partial charge in [-0.2, -0.15) is 0 Å². The molecule has 0 spiro atoms. The number of rotatable bonds is 5. The van der Waals surface area contributed by atoms with Crippen molar-refractivity contribution >= 4 is 39.8 Å². The van der Waals surface area contributed by atoms with Crippen LogP contribution in [0.3, 0.4) is 0 Å². The normalized spacial score (nSPS) is 11.1. The van der Waals surface area contributed by atoms with Crippen LogP contribution in [-0.4, -0.2) is 25.7 Å². The summed E-state index contributed by atoms with van der Waals surface area (Å²) in [5.74, 6) is -0.247. The van der Waals surface area contributed by atoms with Crippen molar-refractivity contribution in [3.63, 3.8) is 0 Å². The molecule has 6 nitrogen and oxygen atoms in total. The van der Waals surface area contributed by atoms with E-state index in [1.54, 1.807) is 0 Å². The fourth-order valence-electron chi connectivity index (χ4n) is 1.43. The van der Waals surface area contributed by atoms with Gasteiger partial charge in [-0.15, -0.1) is 0 Å². The molecule has 0 saturated heterocycles. The summed E-state index contributed by atoms with van der Waals surface area (Å²) in [6.45, 7) is 3.75. The van der Waals surface area contributed by atoms with E-state index in [4.69, 9.17) is 18.0 Å². The minimum atomic E-state index is -0.818. The Balaban J connectivity index is 2.88. The van der Waals surface area contributed by atoms with E-state index >= 15 is 0 Å². The van der Waals surface area contributed by atoms with Crippen LogP contribution in [0.5, 0.6) is 0 Å². The molecule has 0 saturated carbocycles. The van der Waals surface area contributed by atoms with E-state index in [2.05, 4.69) is 20.1 Å². The van der Waals surface area contributed by atoms with Crippen molar-refractivity contribution in [3.8, 4) is 0 Å². The summed E-state index contributed by atoms with van der Waals surface area (Å²) in [5, 5.41) is 10.0. The van der Waals surface area contributed by atoms with E-state index in [0.29, 0.717) is 18.0 Å². The molecule has 1 amide bonds. The molecule has 1 aromatic heterocycles.